The lowest BCUT2D eigenvalue weighted by molar-refractivity contribution is -0.128. The standard InChI is InChI=1S/C16H23N3O3/c1-18(2)7-4-8-19-11-12(9-15(19)21)16(22)17-13-5-3-6-14(20)10-13/h3,5-6,10,12,20H,4,7-9,11H2,1-2H3,(H,17,22). The number of phenols is 1. The summed E-state index contributed by atoms with van der Waals surface area (Å²) in [7, 11) is 3.99. The van der Waals surface area contributed by atoms with Crippen molar-refractivity contribution in [3.05, 3.63) is 24.3 Å². The maximum atomic E-state index is 12.2. The summed E-state index contributed by atoms with van der Waals surface area (Å²) in [5.74, 6) is -0.358. The Labute approximate surface area is 130 Å². The van der Waals surface area contributed by atoms with Gasteiger partial charge in [-0.3, -0.25) is 9.59 Å². The van der Waals surface area contributed by atoms with Gasteiger partial charge in [-0.1, -0.05) is 6.07 Å². The summed E-state index contributed by atoms with van der Waals surface area (Å²) >= 11 is 0. The lowest BCUT2D eigenvalue weighted by Gasteiger charge is -2.18. The van der Waals surface area contributed by atoms with E-state index in [0.29, 0.717) is 18.8 Å². The van der Waals surface area contributed by atoms with Gasteiger partial charge in [-0.25, -0.2) is 0 Å². The van der Waals surface area contributed by atoms with Crippen molar-refractivity contribution in [1.82, 2.24) is 9.80 Å². The Morgan fingerprint density at radius 1 is 1.45 bits per heavy atom. The number of carbonyl (C=O) groups excluding carboxylic acids is 2. The average molecular weight is 305 g/mol. The second kappa shape index (κ2) is 7.26. The van der Waals surface area contributed by atoms with Gasteiger partial charge in [0.2, 0.25) is 11.8 Å². The van der Waals surface area contributed by atoms with Crippen molar-refractivity contribution in [3.8, 4) is 5.75 Å². The van der Waals surface area contributed by atoms with E-state index in [1.807, 2.05) is 14.1 Å². The topological polar surface area (TPSA) is 72.9 Å². The van der Waals surface area contributed by atoms with E-state index < -0.39 is 0 Å². The fourth-order valence-electron chi connectivity index (χ4n) is 2.57. The number of likely N-dealkylation sites (tertiary alicyclic amines) is 1. The highest BCUT2D eigenvalue weighted by Crippen LogP contribution is 2.21. The van der Waals surface area contributed by atoms with E-state index in [4.69, 9.17) is 0 Å². The number of phenolic OH excluding ortho intramolecular Hbond substituents is 1. The molecule has 0 aliphatic carbocycles. The van der Waals surface area contributed by atoms with Crippen LogP contribution in [0.4, 0.5) is 5.69 Å². The molecule has 0 aromatic heterocycles. The first-order chi connectivity index (χ1) is 10.5. The van der Waals surface area contributed by atoms with Gasteiger partial charge in [-0.2, -0.15) is 0 Å². The van der Waals surface area contributed by atoms with Crippen LogP contribution in [0.15, 0.2) is 24.3 Å². The van der Waals surface area contributed by atoms with Crippen molar-refractivity contribution in [2.75, 3.05) is 39.0 Å². The monoisotopic (exact) mass is 305 g/mol. The van der Waals surface area contributed by atoms with E-state index in [9.17, 15) is 14.7 Å². The number of carbonyl (C=O) groups is 2. The number of anilines is 1. The quantitative estimate of drug-likeness (QED) is 0.826. The summed E-state index contributed by atoms with van der Waals surface area (Å²) in [5.41, 5.74) is 0.545. The number of rotatable bonds is 6. The van der Waals surface area contributed by atoms with Crippen LogP contribution in [0, 0.1) is 5.92 Å². The summed E-state index contributed by atoms with van der Waals surface area (Å²) in [4.78, 5) is 28.0. The first kappa shape index (κ1) is 16.3. The van der Waals surface area contributed by atoms with E-state index in [2.05, 4.69) is 10.2 Å². The highest BCUT2D eigenvalue weighted by Gasteiger charge is 2.33. The summed E-state index contributed by atoms with van der Waals surface area (Å²) in [6.45, 7) is 2.08. The molecule has 1 saturated heterocycles. The summed E-state index contributed by atoms with van der Waals surface area (Å²) in [6, 6.07) is 6.41. The lowest BCUT2D eigenvalue weighted by atomic mass is 10.1. The summed E-state index contributed by atoms with van der Waals surface area (Å²) < 4.78 is 0. The van der Waals surface area contributed by atoms with Crippen LogP contribution in [0.5, 0.6) is 5.75 Å². The molecule has 0 bridgehead atoms. The molecule has 1 aromatic carbocycles. The molecule has 0 saturated carbocycles. The molecular formula is C16H23N3O3. The fraction of sp³-hybridized carbons (Fsp3) is 0.500. The highest BCUT2D eigenvalue weighted by molar-refractivity contribution is 5.97. The summed E-state index contributed by atoms with van der Waals surface area (Å²) in [6.07, 6.45) is 1.16. The van der Waals surface area contributed by atoms with E-state index in [0.717, 1.165) is 13.0 Å². The zero-order valence-corrected chi connectivity index (χ0v) is 13.1. The number of hydrogen-bond acceptors (Lipinski definition) is 4. The number of amides is 2. The predicted molar refractivity (Wildman–Crippen MR) is 84.6 cm³/mol. The molecule has 1 heterocycles. The highest BCUT2D eigenvalue weighted by atomic mass is 16.3. The molecule has 6 nitrogen and oxygen atoms in total. The molecule has 120 valence electrons. The molecule has 2 rings (SSSR count). The molecule has 2 N–H and O–H groups in total. The van der Waals surface area contributed by atoms with Gasteiger partial charge in [0.25, 0.3) is 0 Å². The molecule has 1 unspecified atom stereocenters. The van der Waals surface area contributed by atoms with Crippen LogP contribution in [-0.4, -0.2) is 60.5 Å². The number of nitrogens with zero attached hydrogens (tertiary/aromatic N) is 2. The Hall–Kier alpha value is -2.08. The molecule has 1 aliphatic heterocycles. The molecule has 22 heavy (non-hydrogen) atoms. The molecule has 1 aromatic rings. The Morgan fingerprint density at radius 3 is 2.91 bits per heavy atom. The smallest absolute Gasteiger partial charge is 0.229 e. The van der Waals surface area contributed by atoms with Gasteiger partial charge in [0.15, 0.2) is 0 Å². The molecule has 6 heteroatoms. The van der Waals surface area contributed by atoms with Crippen LogP contribution >= 0.6 is 0 Å². The van der Waals surface area contributed by atoms with Gasteiger partial charge >= 0.3 is 0 Å². The van der Waals surface area contributed by atoms with Gasteiger partial charge in [-0.15, -0.1) is 0 Å². The minimum atomic E-state index is -0.325. The van der Waals surface area contributed by atoms with Crippen molar-refractivity contribution in [3.63, 3.8) is 0 Å². The number of hydrogen-bond donors (Lipinski definition) is 2. The minimum Gasteiger partial charge on any atom is -0.508 e. The average Bonchev–Trinajstić information content (AvgIpc) is 2.80. The van der Waals surface area contributed by atoms with Crippen LogP contribution in [0.2, 0.25) is 0 Å². The molecule has 1 atom stereocenters. The SMILES string of the molecule is CN(C)CCCN1CC(C(=O)Nc2cccc(O)c2)CC1=O. The van der Waals surface area contributed by atoms with Gasteiger partial charge in [0.1, 0.15) is 5.75 Å². The Morgan fingerprint density at radius 2 is 2.23 bits per heavy atom. The second-order valence-corrected chi connectivity index (χ2v) is 5.94. The minimum absolute atomic E-state index is 0.0369. The molecule has 0 radical (unpaired) electrons. The van der Waals surface area contributed by atoms with Crippen LogP contribution in [0.1, 0.15) is 12.8 Å². The first-order valence-corrected chi connectivity index (χ1v) is 7.48. The molecule has 1 fully saturated rings. The maximum Gasteiger partial charge on any atom is 0.229 e. The van der Waals surface area contributed by atoms with Crippen molar-refractivity contribution >= 4 is 17.5 Å². The van der Waals surface area contributed by atoms with E-state index in [-0.39, 0.29) is 29.9 Å². The molecular weight excluding hydrogens is 282 g/mol. The van der Waals surface area contributed by atoms with E-state index >= 15 is 0 Å². The first-order valence-electron chi connectivity index (χ1n) is 7.48. The maximum absolute atomic E-state index is 12.2. The van der Waals surface area contributed by atoms with Crippen molar-refractivity contribution in [2.45, 2.75) is 12.8 Å². The van der Waals surface area contributed by atoms with Crippen LogP contribution in [-0.2, 0) is 9.59 Å². The third-order valence-corrected chi connectivity index (χ3v) is 3.73. The number of benzene rings is 1. The normalized spacial score (nSPS) is 18.0. The Kier molecular flexibility index (Phi) is 5.38. The van der Waals surface area contributed by atoms with Gasteiger partial charge < -0.3 is 20.2 Å². The third kappa shape index (κ3) is 4.46. The van der Waals surface area contributed by atoms with Crippen LogP contribution < -0.4 is 5.32 Å². The molecule has 0 spiro atoms. The van der Waals surface area contributed by atoms with Crippen LogP contribution in [0.3, 0.4) is 0 Å². The second-order valence-electron chi connectivity index (χ2n) is 5.94. The number of aromatic hydroxyl groups is 1. The van der Waals surface area contributed by atoms with E-state index in [1.54, 1.807) is 23.1 Å². The van der Waals surface area contributed by atoms with Crippen molar-refractivity contribution in [2.24, 2.45) is 5.92 Å². The largest absolute Gasteiger partial charge is 0.508 e. The van der Waals surface area contributed by atoms with E-state index in [1.165, 1.54) is 6.07 Å². The Bertz CT molecular complexity index is 545. The molecule has 1 aliphatic rings. The van der Waals surface area contributed by atoms with Crippen molar-refractivity contribution in [1.29, 1.82) is 0 Å². The zero-order chi connectivity index (χ0) is 16.1. The third-order valence-electron chi connectivity index (χ3n) is 3.73. The number of nitrogens with one attached hydrogen (secondary N) is 1. The van der Waals surface area contributed by atoms with Gasteiger partial charge in [-0.05, 0) is 39.2 Å². The Balaban J connectivity index is 1.85. The zero-order valence-electron chi connectivity index (χ0n) is 13.1. The molecule has 2 amide bonds. The van der Waals surface area contributed by atoms with Crippen molar-refractivity contribution < 1.29 is 14.7 Å². The van der Waals surface area contributed by atoms with Crippen LogP contribution in [0.25, 0.3) is 0 Å². The lowest BCUT2D eigenvalue weighted by Crippen LogP contribution is -2.30. The van der Waals surface area contributed by atoms with Gasteiger partial charge in [0, 0.05) is 31.3 Å². The summed E-state index contributed by atoms with van der Waals surface area (Å²) in [5, 5.41) is 12.2. The fourth-order valence-corrected chi connectivity index (χ4v) is 2.57. The van der Waals surface area contributed by atoms with Gasteiger partial charge in [0.05, 0.1) is 5.92 Å². The predicted octanol–water partition coefficient (Wildman–Crippen LogP) is 1.13.